The normalized spacial score (nSPS) is 13.4. The van der Waals surface area contributed by atoms with Crippen molar-refractivity contribution in [3.05, 3.63) is 58.5 Å². The summed E-state index contributed by atoms with van der Waals surface area (Å²) < 4.78 is 42.4. The van der Waals surface area contributed by atoms with Gasteiger partial charge < -0.3 is 4.42 Å². The summed E-state index contributed by atoms with van der Waals surface area (Å²) in [5.41, 5.74) is 3.26. The van der Waals surface area contributed by atoms with Crippen molar-refractivity contribution in [2.75, 3.05) is 0 Å². The SMILES string of the molecule is NNC(Cc1ccc(C(F)(F)F)cc1)c1ccoc1Cl. The minimum Gasteiger partial charge on any atom is -0.453 e. The summed E-state index contributed by atoms with van der Waals surface area (Å²) in [6.45, 7) is 0. The van der Waals surface area contributed by atoms with Crippen molar-refractivity contribution in [2.24, 2.45) is 5.84 Å². The first-order chi connectivity index (χ1) is 9.41. The van der Waals surface area contributed by atoms with Crippen molar-refractivity contribution in [2.45, 2.75) is 18.6 Å². The van der Waals surface area contributed by atoms with Crippen molar-refractivity contribution in [3.8, 4) is 0 Å². The van der Waals surface area contributed by atoms with Crippen LogP contribution in [0, 0.1) is 0 Å². The van der Waals surface area contributed by atoms with Crippen LogP contribution in [0.15, 0.2) is 41.0 Å². The molecule has 2 aromatic rings. The number of nitrogens with one attached hydrogen (secondary N) is 1. The smallest absolute Gasteiger partial charge is 0.416 e. The molecule has 1 aromatic heterocycles. The van der Waals surface area contributed by atoms with Gasteiger partial charge in [0.25, 0.3) is 0 Å². The van der Waals surface area contributed by atoms with Crippen LogP contribution < -0.4 is 11.3 Å². The zero-order valence-electron chi connectivity index (χ0n) is 10.2. The van der Waals surface area contributed by atoms with E-state index in [-0.39, 0.29) is 11.3 Å². The Morgan fingerprint density at radius 1 is 1.20 bits per heavy atom. The number of furan rings is 1. The second kappa shape index (κ2) is 5.87. The van der Waals surface area contributed by atoms with E-state index < -0.39 is 11.7 Å². The number of nitrogens with two attached hydrogens (primary N) is 1. The summed E-state index contributed by atoms with van der Waals surface area (Å²) in [6.07, 6.45) is -2.51. The highest BCUT2D eigenvalue weighted by Crippen LogP contribution is 2.30. The fourth-order valence-electron chi connectivity index (χ4n) is 1.88. The summed E-state index contributed by atoms with van der Waals surface area (Å²) in [7, 11) is 0. The van der Waals surface area contributed by atoms with E-state index >= 15 is 0 Å². The molecule has 0 saturated carbocycles. The van der Waals surface area contributed by atoms with E-state index in [1.165, 1.54) is 18.4 Å². The predicted octanol–water partition coefficient (Wildman–Crippen LogP) is 3.70. The van der Waals surface area contributed by atoms with Gasteiger partial charge >= 0.3 is 6.18 Å². The van der Waals surface area contributed by atoms with E-state index in [4.69, 9.17) is 21.9 Å². The Balaban J connectivity index is 2.15. The number of hydrazine groups is 1. The Hall–Kier alpha value is -1.50. The number of benzene rings is 1. The van der Waals surface area contributed by atoms with Gasteiger partial charge in [0.2, 0.25) is 0 Å². The van der Waals surface area contributed by atoms with Crippen LogP contribution in [0.3, 0.4) is 0 Å². The topological polar surface area (TPSA) is 51.2 Å². The van der Waals surface area contributed by atoms with Crippen LogP contribution >= 0.6 is 11.6 Å². The van der Waals surface area contributed by atoms with Crippen LogP contribution in [0.4, 0.5) is 13.2 Å². The molecule has 108 valence electrons. The standard InChI is InChI=1S/C13H12ClF3N2O/c14-12-10(5-6-20-12)11(19-18)7-8-1-3-9(4-2-8)13(15,16)17/h1-6,11,19H,7,18H2. The summed E-state index contributed by atoms with van der Waals surface area (Å²) in [5, 5.41) is 0.208. The predicted molar refractivity (Wildman–Crippen MR) is 68.9 cm³/mol. The van der Waals surface area contributed by atoms with E-state index in [0.717, 1.165) is 12.1 Å². The largest absolute Gasteiger partial charge is 0.453 e. The Labute approximate surface area is 118 Å². The molecule has 0 spiro atoms. The van der Waals surface area contributed by atoms with Gasteiger partial charge in [0.15, 0.2) is 5.22 Å². The monoisotopic (exact) mass is 304 g/mol. The molecular weight excluding hydrogens is 293 g/mol. The van der Waals surface area contributed by atoms with Crippen molar-refractivity contribution in [3.63, 3.8) is 0 Å². The molecule has 1 atom stereocenters. The van der Waals surface area contributed by atoms with Crippen molar-refractivity contribution >= 4 is 11.6 Å². The van der Waals surface area contributed by atoms with Crippen LogP contribution in [0.1, 0.15) is 22.7 Å². The molecule has 7 heteroatoms. The number of hydrogen-bond donors (Lipinski definition) is 2. The van der Waals surface area contributed by atoms with Gasteiger partial charge in [-0.05, 0) is 41.8 Å². The molecule has 20 heavy (non-hydrogen) atoms. The third kappa shape index (κ3) is 3.33. The van der Waals surface area contributed by atoms with Crippen molar-refractivity contribution in [1.29, 1.82) is 0 Å². The molecule has 3 nitrogen and oxygen atoms in total. The molecule has 1 unspecified atom stereocenters. The first-order valence-corrected chi connectivity index (χ1v) is 6.14. The zero-order chi connectivity index (χ0) is 14.8. The number of rotatable bonds is 4. The first kappa shape index (κ1) is 14.9. The van der Waals surface area contributed by atoms with Crippen LogP contribution in [-0.2, 0) is 12.6 Å². The molecule has 0 fully saturated rings. The first-order valence-electron chi connectivity index (χ1n) is 5.77. The maximum atomic E-state index is 12.5. The molecule has 0 bridgehead atoms. The number of hydrogen-bond acceptors (Lipinski definition) is 3. The lowest BCUT2D eigenvalue weighted by atomic mass is 10.0. The number of alkyl halides is 3. The summed E-state index contributed by atoms with van der Waals surface area (Å²) in [4.78, 5) is 0. The van der Waals surface area contributed by atoms with E-state index in [1.54, 1.807) is 6.07 Å². The number of halogens is 4. The highest BCUT2D eigenvalue weighted by atomic mass is 35.5. The minimum absolute atomic E-state index is 0.208. The lowest BCUT2D eigenvalue weighted by Gasteiger charge is -2.15. The Morgan fingerprint density at radius 2 is 1.85 bits per heavy atom. The maximum Gasteiger partial charge on any atom is 0.416 e. The second-order valence-electron chi connectivity index (χ2n) is 4.27. The third-order valence-electron chi connectivity index (χ3n) is 2.94. The van der Waals surface area contributed by atoms with Gasteiger partial charge in [-0.1, -0.05) is 12.1 Å². The summed E-state index contributed by atoms with van der Waals surface area (Å²) >= 11 is 5.85. The molecule has 3 N–H and O–H groups in total. The molecule has 1 aromatic carbocycles. The van der Waals surface area contributed by atoms with E-state index in [0.29, 0.717) is 17.5 Å². The summed E-state index contributed by atoms with van der Waals surface area (Å²) in [5.74, 6) is 5.45. The molecular formula is C13H12ClF3N2O. The molecule has 0 saturated heterocycles. The van der Waals surface area contributed by atoms with Crippen LogP contribution in [-0.4, -0.2) is 0 Å². The Morgan fingerprint density at radius 3 is 2.30 bits per heavy atom. The molecule has 1 heterocycles. The molecule has 2 rings (SSSR count). The zero-order valence-corrected chi connectivity index (χ0v) is 11.0. The molecule has 0 aliphatic rings. The molecule has 0 radical (unpaired) electrons. The van der Waals surface area contributed by atoms with E-state index in [9.17, 15) is 13.2 Å². The van der Waals surface area contributed by atoms with Crippen molar-refractivity contribution in [1.82, 2.24) is 5.43 Å². The van der Waals surface area contributed by atoms with Gasteiger partial charge in [-0.2, -0.15) is 13.2 Å². The van der Waals surface area contributed by atoms with Gasteiger partial charge in [-0.15, -0.1) is 0 Å². The van der Waals surface area contributed by atoms with Gasteiger partial charge in [-0.25, -0.2) is 0 Å². The Kier molecular flexibility index (Phi) is 4.37. The van der Waals surface area contributed by atoms with Crippen LogP contribution in [0.5, 0.6) is 0 Å². The quantitative estimate of drug-likeness (QED) is 0.669. The van der Waals surface area contributed by atoms with E-state index in [1.807, 2.05) is 0 Å². The highest BCUT2D eigenvalue weighted by molar-refractivity contribution is 6.29. The highest BCUT2D eigenvalue weighted by Gasteiger charge is 2.30. The molecule has 0 aliphatic heterocycles. The fraction of sp³-hybridized carbons (Fsp3) is 0.231. The molecule has 0 aliphatic carbocycles. The van der Waals surface area contributed by atoms with Gasteiger partial charge in [0.1, 0.15) is 0 Å². The minimum atomic E-state index is -4.34. The summed E-state index contributed by atoms with van der Waals surface area (Å²) in [6, 6.07) is 6.25. The average molecular weight is 305 g/mol. The van der Waals surface area contributed by atoms with E-state index in [2.05, 4.69) is 5.43 Å². The maximum absolute atomic E-state index is 12.5. The second-order valence-corrected chi connectivity index (χ2v) is 4.61. The Bertz CT molecular complexity index is 566. The average Bonchev–Trinajstić information content (AvgIpc) is 2.82. The molecule has 0 amide bonds. The lowest BCUT2D eigenvalue weighted by molar-refractivity contribution is -0.137. The van der Waals surface area contributed by atoms with Gasteiger partial charge in [0.05, 0.1) is 17.9 Å². The third-order valence-corrected chi connectivity index (χ3v) is 3.25. The van der Waals surface area contributed by atoms with Crippen molar-refractivity contribution < 1.29 is 17.6 Å². The van der Waals surface area contributed by atoms with Crippen LogP contribution in [0.25, 0.3) is 0 Å². The van der Waals surface area contributed by atoms with Gasteiger partial charge in [-0.3, -0.25) is 11.3 Å². The fourth-order valence-corrected chi connectivity index (χ4v) is 2.12. The van der Waals surface area contributed by atoms with Gasteiger partial charge in [0, 0.05) is 5.56 Å². The van der Waals surface area contributed by atoms with Crippen LogP contribution in [0.2, 0.25) is 5.22 Å². The lowest BCUT2D eigenvalue weighted by Crippen LogP contribution is -2.29.